The summed E-state index contributed by atoms with van der Waals surface area (Å²) in [6.07, 6.45) is 2.71. The van der Waals surface area contributed by atoms with Crippen molar-refractivity contribution in [2.45, 2.75) is 33.2 Å². The minimum absolute atomic E-state index is 0.0347. The summed E-state index contributed by atoms with van der Waals surface area (Å²) in [5, 5.41) is 6.26. The topological polar surface area (TPSA) is 54.0 Å². The Morgan fingerprint density at radius 2 is 1.83 bits per heavy atom. The van der Waals surface area contributed by atoms with Crippen molar-refractivity contribution in [3.05, 3.63) is 59.8 Å². The summed E-state index contributed by atoms with van der Waals surface area (Å²) in [5.74, 6) is 1.35. The highest BCUT2D eigenvalue weighted by molar-refractivity contribution is 5.94. The predicted octanol–water partition coefficient (Wildman–Crippen LogP) is 4.03. The molecule has 0 aliphatic rings. The van der Waals surface area contributed by atoms with Crippen LogP contribution in [0.1, 0.15) is 49.2 Å². The molecular formula is C19H25N3O. The molecule has 1 amide bonds. The lowest BCUT2D eigenvalue weighted by Crippen LogP contribution is -2.26. The first-order valence-corrected chi connectivity index (χ1v) is 8.12. The molecule has 0 fully saturated rings. The fourth-order valence-corrected chi connectivity index (χ4v) is 2.23. The second-order valence-corrected chi connectivity index (χ2v) is 6.15. The van der Waals surface area contributed by atoms with Gasteiger partial charge >= 0.3 is 0 Å². The highest BCUT2D eigenvalue weighted by Crippen LogP contribution is 2.13. The molecule has 0 saturated carbocycles. The largest absolute Gasteiger partial charge is 0.370 e. The van der Waals surface area contributed by atoms with E-state index in [0.717, 1.165) is 24.3 Å². The number of nitrogens with one attached hydrogen (secondary N) is 2. The molecular weight excluding hydrogens is 286 g/mol. The lowest BCUT2D eigenvalue weighted by molar-refractivity contribution is 0.0939. The SMILES string of the molecule is CC(C)CCNc1ccc(C(=O)NC(C)c2ccccc2)cn1. The number of pyridine rings is 1. The zero-order chi connectivity index (χ0) is 16.7. The molecule has 0 radical (unpaired) electrons. The van der Waals surface area contributed by atoms with Crippen molar-refractivity contribution in [2.75, 3.05) is 11.9 Å². The Hall–Kier alpha value is -2.36. The van der Waals surface area contributed by atoms with Gasteiger partial charge in [0.15, 0.2) is 0 Å². The standard InChI is InChI=1S/C19H25N3O/c1-14(2)11-12-20-18-10-9-17(13-21-18)19(23)22-15(3)16-7-5-4-6-8-16/h4-10,13-15H,11-12H2,1-3H3,(H,20,21)(H,22,23). The van der Waals surface area contributed by atoms with Crippen LogP contribution in [0.25, 0.3) is 0 Å². The second kappa shape index (κ2) is 8.32. The van der Waals surface area contributed by atoms with Crippen molar-refractivity contribution in [1.82, 2.24) is 10.3 Å². The van der Waals surface area contributed by atoms with Gasteiger partial charge in [-0.25, -0.2) is 4.98 Å². The summed E-state index contributed by atoms with van der Waals surface area (Å²) in [6, 6.07) is 13.5. The number of nitrogens with zero attached hydrogens (tertiary/aromatic N) is 1. The normalized spacial score (nSPS) is 12.0. The number of hydrogen-bond acceptors (Lipinski definition) is 3. The Balaban J connectivity index is 1.90. The van der Waals surface area contributed by atoms with E-state index in [9.17, 15) is 4.79 Å². The van der Waals surface area contributed by atoms with Crippen molar-refractivity contribution in [3.8, 4) is 0 Å². The molecule has 122 valence electrons. The number of anilines is 1. The number of rotatable bonds is 7. The van der Waals surface area contributed by atoms with Crippen LogP contribution in [-0.2, 0) is 0 Å². The molecule has 1 atom stereocenters. The van der Waals surface area contributed by atoms with Gasteiger partial charge in [0, 0.05) is 12.7 Å². The minimum Gasteiger partial charge on any atom is -0.370 e. The van der Waals surface area contributed by atoms with Crippen molar-refractivity contribution in [3.63, 3.8) is 0 Å². The van der Waals surface area contributed by atoms with E-state index in [4.69, 9.17) is 0 Å². The first-order chi connectivity index (χ1) is 11.1. The molecule has 1 aromatic heterocycles. The molecule has 0 aliphatic carbocycles. The van der Waals surface area contributed by atoms with Crippen molar-refractivity contribution >= 4 is 11.7 Å². The average Bonchev–Trinajstić information content (AvgIpc) is 2.56. The molecule has 23 heavy (non-hydrogen) atoms. The van der Waals surface area contributed by atoms with E-state index in [1.54, 1.807) is 12.3 Å². The van der Waals surface area contributed by atoms with Gasteiger partial charge in [-0.15, -0.1) is 0 Å². The lowest BCUT2D eigenvalue weighted by Gasteiger charge is -2.14. The second-order valence-electron chi connectivity index (χ2n) is 6.15. The number of carbonyl (C=O) groups excluding carboxylic acids is 1. The third-order valence-electron chi connectivity index (χ3n) is 3.70. The van der Waals surface area contributed by atoms with Crippen molar-refractivity contribution < 1.29 is 4.79 Å². The zero-order valence-electron chi connectivity index (χ0n) is 14.0. The summed E-state index contributed by atoms with van der Waals surface area (Å²) >= 11 is 0. The molecule has 2 rings (SSSR count). The minimum atomic E-state index is -0.109. The molecule has 4 heteroatoms. The number of carbonyl (C=O) groups is 1. The summed E-state index contributed by atoms with van der Waals surface area (Å²) in [6.45, 7) is 7.25. The maximum Gasteiger partial charge on any atom is 0.253 e. The summed E-state index contributed by atoms with van der Waals surface area (Å²) in [4.78, 5) is 16.6. The maximum absolute atomic E-state index is 12.3. The van der Waals surface area contributed by atoms with Crippen LogP contribution in [0, 0.1) is 5.92 Å². The summed E-state index contributed by atoms with van der Waals surface area (Å²) < 4.78 is 0. The van der Waals surface area contributed by atoms with E-state index in [0.29, 0.717) is 11.5 Å². The fourth-order valence-electron chi connectivity index (χ4n) is 2.23. The van der Waals surface area contributed by atoms with Crippen LogP contribution >= 0.6 is 0 Å². The Labute approximate surface area is 138 Å². The van der Waals surface area contributed by atoms with Crippen LogP contribution in [0.5, 0.6) is 0 Å². The van der Waals surface area contributed by atoms with Gasteiger partial charge in [-0.3, -0.25) is 4.79 Å². The van der Waals surface area contributed by atoms with Gasteiger partial charge in [0.05, 0.1) is 11.6 Å². The number of benzene rings is 1. The molecule has 0 aliphatic heterocycles. The molecule has 0 spiro atoms. The average molecular weight is 311 g/mol. The first kappa shape index (κ1) is 17.0. The molecule has 4 nitrogen and oxygen atoms in total. The van der Waals surface area contributed by atoms with E-state index in [1.165, 1.54) is 0 Å². The van der Waals surface area contributed by atoms with Crippen LogP contribution in [0.15, 0.2) is 48.7 Å². The summed E-state index contributed by atoms with van der Waals surface area (Å²) in [5.41, 5.74) is 1.66. The zero-order valence-corrected chi connectivity index (χ0v) is 14.0. The molecule has 1 heterocycles. The van der Waals surface area contributed by atoms with Crippen molar-refractivity contribution in [2.24, 2.45) is 5.92 Å². The van der Waals surface area contributed by atoms with Crippen LogP contribution in [0.3, 0.4) is 0 Å². The Bertz CT molecular complexity index is 608. The first-order valence-electron chi connectivity index (χ1n) is 8.12. The molecule has 0 bridgehead atoms. The smallest absolute Gasteiger partial charge is 0.253 e. The van der Waals surface area contributed by atoms with Crippen LogP contribution < -0.4 is 10.6 Å². The van der Waals surface area contributed by atoms with E-state index in [2.05, 4.69) is 29.5 Å². The quantitative estimate of drug-likeness (QED) is 0.811. The van der Waals surface area contributed by atoms with Gasteiger partial charge < -0.3 is 10.6 Å². The molecule has 2 aromatic rings. The van der Waals surface area contributed by atoms with E-state index in [-0.39, 0.29) is 11.9 Å². The number of hydrogen-bond donors (Lipinski definition) is 2. The van der Waals surface area contributed by atoms with Crippen LogP contribution in [0.4, 0.5) is 5.82 Å². The van der Waals surface area contributed by atoms with Gasteiger partial charge in [-0.2, -0.15) is 0 Å². The highest BCUT2D eigenvalue weighted by Gasteiger charge is 2.11. The molecule has 1 unspecified atom stereocenters. The Kier molecular flexibility index (Phi) is 6.15. The predicted molar refractivity (Wildman–Crippen MR) is 94.5 cm³/mol. The van der Waals surface area contributed by atoms with Gasteiger partial charge in [0.2, 0.25) is 0 Å². The van der Waals surface area contributed by atoms with Gasteiger partial charge in [0.1, 0.15) is 5.82 Å². The summed E-state index contributed by atoms with van der Waals surface area (Å²) in [7, 11) is 0. The van der Waals surface area contributed by atoms with E-state index >= 15 is 0 Å². The fraction of sp³-hybridized carbons (Fsp3) is 0.368. The highest BCUT2D eigenvalue weighted by atomic mass is 16.1. The van der Waals surface area contributed by atoms with E-state index < -0.39 is 0 Å². The van der Waals surface area contributed by atoms with E-state index in [1.807, 2.05) is 43.3 Å². The molecule has 2 N–H and O–H groups in total. The van der Waals surface area contributed by atoms with Crippen LogP contribution in [0.2, 0.25) is 0 Å². The lowest BCUT2D eigenvalue weighted by atomic mass is 10.1. The monoisotopic (exact) mass is 311 g/mol. The number of amides is 1. The third kappa shape index (κ3) is 5.40. The number of aromatic nitrogens is 1. The van der Waals surface area contributed by atoms with Gasteiger partial charge in [-0.1, -0.05) is 44.2 Å². The Morgan fingerprint density at radius 1 is 1.09 bits per heavy atom. The third-order valence-corrected chi connectivity index (χ3v) is 3.70. The van der Waals surface area contributed by atoms with Gasteiger partial charge in [-0.05, 0) is 37.0 Å². The van der Waals surface area contributed by atoms with Gasteiger partial charge in [0.25, 0.3) is 5.91 Å². The molecule has 0 saturated heterocycles. The maximum atomic E-state index is 12.3. The molecule has 1 aromatic carbocycles. The van der Waals surface area contributed by atoms with Crippen LogP contribution in [-0.4, -0.2) is 17.4 Å². The Morgan fingerprint density at radius 3 is 2.43 bits per heavy atom. The van der Waals surface area contributed by atoms with Crippen molar-refractivity contribution in [1.29, 1.82) is 0 Å².